The molecular weight excluding hydrogens is 286 g/mol. The predicted molar refractivity (Wildman–Crippen MR) is 77.1 cm³/mol. The van der Waals surface area contributed by atoms with Crippen molar-refractivity contribution in [3.63, 3.8) is 0 Å². The zero-order valence-corrected chi connectivity index (χ0v) is 13.1. The number of nitrogens with zero attached hydrogens (tertiary/aromatic N) is 2. The van der Waals surface area contributed by atoms with E-state index in [2.05, 4.69) is 25.9 Å². The Labute approximate surface area is 119 Å². The standard InChI is InChI=1S/C12H20ClN3O2S/c1-12(2,3)6-9-10(13)11(14)16(15-9)8-4-5-19(17,18)7-8/h8H,4-7,14H2,1-3H3. The Morgan fingerprint density at radius 3 is 2.58 bits per heavy atom. The van der Waals surface area contributed by atoms with Crippen molar-refractivity contribution in [2.24, 2.45) is 5.41 Å². The molecule has 1 aliphatic rings. The third-order valence-corrected chi connectivity index (χ3v) is 5.37. The van der Waals surface area contributed by atoms with Crippen molar-refractivity contribution >= 4 is 27.3 Å². The van der Waals surface area contributed by atoms with Gasteiger partial charge in [-0.15, -0.1) is 0 Å². The van der Waals surface area contributed by atoms with Gasteiger partial charge in [-0.05, 0) is 18.3 Å². The Hall–Kier alpha value is -0.750. The molecule has 1 aromatic heterocycles. The van der Waals surface area contributed by atoms with Gasteiger partial charge in [0.2, 0.25) is 0 Å². The van der Waals surface area contributed by atoms with Crippen LogP contribution in [0.25, 0.3) is 0 Å². The Kier molecular flexibility index (Phi) is 3.60. The number of hydrogen-bond acceptors (Lipinski definition) is 4. The van der Waals surface area contributed by atoms with Crippen LogP contribution in [0.15, 0.2) is 0 Å². The Balaban J connectivity index is 2.31. The van der Waals surface area contributed by atoms with Gasteiger partial charge in [0.15, 0.2) is 9.84 Å². The summed E-state index contributed by atoms with van der Waals surface area (Å²) in [5.41, 5.74) is 6.76. The van der Waals surface area contributed by atoms with Crippen molar-refractivity contribution in [1.29, 1.82) is 0 Å². The summed E-state index contributed by atoms with van der Waals surface area (Å²) in [4.78, 5) is 0. The summed E-state index contributed by atoms with van der Waals surface area (Å²) in [7, 11) is -2.96. The fourth-order valence-corrected chi connectivity index (χ4v) is 4.22. The molecule has 0 bridgehead atoms. The first-order valence-electron chi connectivity index (χ1n) is 6.32. The maximum atomic E-state index is 11.5. The number of aromatic nitrogens is 2. The lowest BCUT2D eigenvalue weighted by Crippen LogP contribution is -2.15. The van der Waals surface area contributed by atoms with Crippen LogP contribution < -0.4 is 5.73 Å². The predicted octanol–water partition coefficient (Wildman–Crippen LogP) is 2.07. The summed E-state index contributed by atoms with van der Waals surface area (Å²) >= 11 is 6.21. The van der Waals surface area contributed by atoms with Crippen LogP contribution in [-0.2, 0) is 16.3 Å². The van der Waals surface area contributed by atoms with Crippen molar-refractivity contribution < 1.29 is 8.42 Å². The van der Waals surface area contributed by atoms with Crippen LogP contribution in [0.2, 0.25) is 5.02 Å². The van der Waals surface area contributed by atoms with Crippen LogP contribution in [0.1, 0.15) is 38.9 Å². The van der Waals surface area contributed by atoms with E-state index in [4.69, 9.17) is 17.3 Å². The number of rotatable bonds is 2. The second-order valence-electron chi connectivity index (χ2n) is 6.38. The SMILES string of the molecule is CC(C)(C)Cc1nn(C2CCS(=O)(=O)C2)c(N)c1Cl. The molecule has 5 nitrogen and oxygen atoms in total. The van der Waals surface area contributed by atoms with Crippen LogP contribution >= 0.6 is 11.6 Å². The van der Waals surface area contributed by atoms with Crippen LogP contribution in [0.3, 0.4) is 0 Å². The van der Waals surface area contributed by atoms with E-state index in [0.29, 0.717) is 23.7 Å². The van der Waals surface area contributed by atoms with E-state index in [1.807, 2.05) is 0 Å². The van der Waals surface area contributed by atoms with Crippen molar-refractivity contribution in [3.8, 4) is 0 Å². The smallest absolute Gasteiger partial charge is 0.152 e. The average molecular weight is 306 g/mol. The molecule has 0 spiro atoms. The summed E-state index contributed by atoms with van der Waals surface area (Å²) < 4.78 is 24.7. The van der Waals surface area contributed by atoms with Crippen molar-refractivity contribution in [3.05, 3.63) is 10.7 Å². The molecule has 108 valence electrons. The van der Waals surface area contributed by atoms with Gasteiger partial charge in [-0.25, -0.2) is 13.1 Å². The minimum absolute atomic E-state index is 0.0526. The summed E-state index contributed by atoms with van der Waals surface area (Å²) in [5, 5.41) is 4.90. The van der Waals surface area contributed by atoms with Gasteiger partial charge in [0, 0.05) is 0 Å². The zero-order valence-electron chi connectivity index (χ0n) is 11.5. The highest BCUT2D eigenvalue weighted by Gasteiger charge is 2.32. The molecule has 0 aliphatic carbocycles. The molecule has 2 heterocycles. The minimum Gasteiger partial charge on any atom is -0.383 e. The topological polar surface area (TPSA) is 78.0 Å². The molecule has 2 rings (SSSR count). The van der Waals surface area contributed by atoms with E-state index < -0.39 is 9.84 Å². The summed E-state index contributed by atoms with van der Waals surface area (Å²) in [6.45, 7) is 6.29. The molecule has 0 radical (unpaired) electrons. The number of anilines is 1. The first-order chi connectivity index (χ1) is 8.59. The lowest BCUT2D eigenvalue weighted by atomic mass is 9.91. The van der Waals surface area contributed by atoms with Crippen LogP contribution in [0, 0.1) is 5.41 Å². The molecule has 0 saturated carbocycles. The van der Waals surface area contributed by atoms with Gasteiger partial charge >= 0.3 is 0 Å². The minimum atomic E-state index is -2.96. The fourth-order valence-electron chi connectivity index (χ4n) is 2.34. The highest BCUT2D eigenvalue weighted by molar-refractivity contribution is 7.91. The molecule has 1 unspecified atom stereocenters. The quantitative estimate of drug-likeness (QED) is 0.907. The van der Waals surface area contributed by atoms with Crippen LogP contribution in [0.5, 0.6) is 0 Å². The molecule has 7 heteroatoms. The number of nitrogen functional groups attached to an aromatic ring is 1. The Morgan fingerprint density at radius 2 is 2.11 bits per heavy atom. The van der Waals surface area contributed by atoms with Gasteiger partial charge < -0.3 is 5.73 Å². The second kappa shape index (κ2) is 4.66. The lowest BCUT2D eigenvalue weighted by molar-refractivity contribution is 0.400. The van der Waals surface area contributed by atoms with Gasteiger partial charge in [0.1, 0.15) is 10.8 Å². The molecule has 19 heavy (non-hydrogen) atoms. The molecule has 1 saturated heterocycles. The number of nitrogens with two attached hydrogens (primary N) is 1. The van der Waals surface area contributed by atoms with E-state index in [1.165, 1.54) is 0 Å². The largest absolute Gasteiger partial charge is 0.383 e. The molecule has 1 fully saturated rings. The first kappa shape index (κ1) is 14.7. The van der Waals surface area contributed by atoms with Crippen LogP contribution in [-0.4, -0.2) is 29.7 Å². The molecule has 2 N–H and O–H groups in total. The van der Waals surface area contributed by atoms with Crippen molar-refractivity contribution in [2.45, 2.75) is 39.7 Å². The monoisotopic (exact) mass is 305 g/mol. The Bertz CT molecular complexity index is 587. The highest BCUT2D eigenvalue weighted by atomic mass is 35.5. The number of hydrogen-bond donors (Lipinski definition) is 1. The van der Waals surface area contributed by atoms with Crippen molar-refractivity contribution in [1.82, 2.24) is 9.78 Å². The second-order valence-corrected chi connectivity index (χ2v) is 8.99. The van der Waals surface area contributed by atoms with Crippen LogP contribution in [0.4, 0.5) is 5.82 Å². The first-order valence-corrected chi connectivity index (χ1v) is 8.52. The van der Waals surface area contributed by atoms with Gasteiger partial charge in [-0.3, -0.25) is 0 Å². The van der Waals surface area contributed by atoms with Gasteiger partial charge in [-0.1, -0.05) is 32.4 Å². The number of sulfone groups is 1. The van der Waals surface area contributed by atoms with E-state index in [1.54, 1.807) is 4.68 Å². The maximum absolute atomic E-state index is 11.5. The van der Waals surface area contributed by atoms with Gasteiger partial charge in [-0.2, -0.15) is 5.10 Å². The summed E-state index contributed by atoms with van der Waals surface area (Å²) in [6.07, 6.45) is 1.27. The molecule has 1 aromatic rings. The molecule has 1 aliphatic heterocycles. The fraction of sp³-hybridized carbons (Fsp3) is 0.750. The number of halogens is 1. The summed E-state index contributed by atoms with van der Waals surface area (Å²) in [6, 6.07) is -0.184. The lowest BCUT2D eigenvalue weighted by Gasteiger charge is -2.16. The third-order valence-electron chi connectivity index (χ3n) is 3.21. The van der Waals surface area contributed by atoms with E-state index >= 15 is 0 Å². The Morgan fingerprint density at radius 1 is 1.47 bits per heavy atom. The molecular formula is C12H20ClN3O2S. The molecule has 0 aromatic carbocycles. The van der Waals surface area contributed by atoms with Gasteiger partial charge in [0.05, 0.1) is 23.2 Å². The normalized spacial score (nSPS) is 22.8. The van der Waals surface area contributed by atoms with E-state index in [-0.39, 0.29) is 23.0 Å². The maximum Gasteiger partial charge on any atom is 0.152 e. The van der Waals surface area contributed by atoms with Crippen molar-refractivity contribution in [2.75, 3.05) is 17.2 Å². The molecule has 0 amide bonds. The van der Waals surface area contributed by atoms with E-state index in [0.717, 1.165) is 5.69 Å². The average Bonchev–Trinajstić information content (AvgIpc) is 2.71. The molecule has 1 atom stereocenters. The zero-order chi connectivity index (χ0) is 14.4. The summed E-state index contributed by atoms with van der Waals surface area (Å²) in [5.74, 6) is 0.677. The van der Waals surface area contributed by atoms with E-state index in [9.17, 15) is 8.42 Å². The van der Waals surface area contributed by atoms with Gasteiger partial charge in [0.25, 0.3) is 0 Å². The third kappa shape index (κ3) is 3.23. The highest BCUT2D eigenvalue weighted by Crippen LogP contribution is 2.33.